The SMILES string of the molecule is CCOC(C)(C)CNCC(O)COc1ccc(C)cc1C. The van der Waals surface area contributed by atoms with E-state index in [4.69, 9.17) is 9.47 Å². The van der Waals surface area contributed by atoms with E-state index in [1.807, 2.05) is 39.8 Å². The summed E-state index contributed by atoms with van der Waals surface area (Å²) in [5.41, 5.74) is 2.08. The zero-order valence-electron chi connectivity index (χ0n) is 13.9. The molecule has 0 aromatic heterocycles. The van der Waals surface area contributed by atoms with E-state index in [0.29, 0.717) is 19.7 Å². The number of rotatable bonds is 9. The molecule has 0 aliphatic rings. The molecule has 0 amide bonds. The average molecular weight is 295 g/mol. The van der Waals surface area contributed by atoms with Gasteiger partial charge in [-0.15, -0.1) is 0 Å². The Labute approximate surface area is 128 Å². The first-order valence-electron chi connectivity index (χ1n) is 7.57. The van der Waals surface area contributed by atoms with Gasteiger partial charge in [-0.25, -0.2) is 0 Å². The minimum atomic E-state index is -0.539. The molecule has 2 N–H and O–H groups in total. The first-order chi connectivity index (χ1) is 9.84. The van der Waals surface area contributed by atoms with E-state index in [-0.39, 0.29) is 12.2 Å². The molecule has 4 heteroatoms. The van der Waals surface area contributed by atoms with Gasteiger partial charge in [0.1, 0.15) is 18.5 Å². The maximum absolute atomic E-state index is 9.95. The molecule has 1 aromatic rings. The zero-order valence-corrected chi connectivity index (χ0v) is 13.9. The molecule has 1 unspecified atom stereocenters. The fourth-order valence-electron chi connectivity index (χ4n) is 2.19. The van der Waals surface area contributed by atoms with E-state index in [1.54, 1.807) is 0 Å². The number of aliphatic hydroxyl groups excluding tert-OH is 1. The van der Waals surface area contributed by atoms with Crippen molar-refractivity contribution in [2.75, 3.05) is 26.3 Å². The van der Waals surface area contributed by atoms with Gasteiger partial charge >= 0.3 is 0 Å². The second kappa shape index (κ2) is 8.37. The first kappa shape index (κ1) is 18.0. The number of nitrogens with one attached hydrogen (secondary N) is 1. The molecular formula is C17H29NO3. The standard InChI is InChI=1S/C17H29NO3/c1-6-21-17(4,5)12-18-10-15(19)11-20-16-8-7-13(2)9-14(16)3/h7-9,15,18-19H,6,10-12H2,1-5H3. The summed E-state index contributed by atoms with van der Waals surface area (Å²) >= 11 is 0. The second-order valence-corrected chi connectivity index (χ2v) is 6.06. The summed E-state index contributed by atoms with van der Waals surface area (Å²) in [6.45, 7) is 12.3. The number of benzene rings is 1. The fourth-order valence-corrected chi connectivity index (χ4v) is 2.19. The van der Waals surface area contributed by atoms with Gasteiger partial charge in [0, 0.05) is 19.7 Å². The van der Waals surface area contributed by atoms with Crippen molar-refractivity contribution in [3.63, 3.8) is 0 Å². The molecule has 0 spiro atoms. The lowest BCUT2D eigenvalue weighted by Gasteiger charge is -2.25. The molecule has 21 heavy (non-hydrogen) atoms. The number of hydrogen-bond donors (Lipinski definition) is 2. The van der Waals surface area contributed by atoms with Crippen LogP contribution in [0.15, 0.2) is 18.2 Å². The quantitative estimate of drug-likeness (QED) is 0.735. The van der Waals surface area contributed by atoms with E-state index in [0.717, 1.165) is 11.3 Å². The van der Waals surface area contributed by atoms with E-state index in [2.05, 4.69) is 18.3 Å². The van der Waals surface area contributed by atoms with Crippen molar-refractivity contribution in [1.82, 2.24) is 5.32 Å². The first-order valence-corrected chi connectivity index (χ1v) is 7.57. The van der Waals surface area contributed by atoms with Gasteiger partial charge in [-0.05, 0) is 46.2 Å². The molecule has 120 valence electrons. The van der Waals surface area contributed by atoms with Gasteiger partial charge in [0.05, 0.1) is 5.60 Å². The topological polar surface area (TPSA) is 50.7 Å². The lowest BCUT2D eigenvalue weighted by atomic mass is 10.1. The number of aryl methyl sites for hydroxylation is 2. The predicted octanol–water partition coefficient (Wildman–Crippen LogP) is 2.45. The molecule has 0 aliphatic carbocycles. The highest BCUT2D eigenvalue weighted by Crippen LogP contribution is 2.18. The number of ether oxygens (including phenoxy) is 2. The summed E-state index contributed by atoms with van der Waals surface area (Å²) in [6, 6.07) is 6.03. The lowest BCUT2D eigenvalue weighted by Crippen LogP contribution is -2.41. The van der Waals surface area contributed by atoms with Crippen LogP contribution in [0.25, 0.3) is 0 Å². The minimum absolute atomic E-state index is 0.219. The maximum Gasteiger partial charge on any atom is 0.122 e. The molecule has 0 aliphatic heterocycles. The Hall–Kier alpha value is -1.10. The van der Waals surface area contributed by atoms with E-state index in [9.17, 15) is 5.11 Å². The van der Waals surface area contributed by atoms with Crippen LogP contribution in [0.2, 0.25) is 0 Å². The van der Waals surface area contributed by atoms with Gasteiger partial charge in [-0.2, -0.15) is 0 Å². The van der Waals surface area contributed by atoms with Crippen LogP contribution in [-0.2, 0) is 4.74 Å². The Kier molecular flexibility index (Phi) is 7.15. The lowest BCUT2D eigenvalue weighted by molar-refractivity contribution is -0.0112. The molecular weight excluding hydrogens is 266 g/mol. The Balaban J connectivity index is 2.29. The van der Waals surface area contributed by atoms with Crippen LogP contribution in [0, 0.1) is 13.8 Å². The molecule has 4 nitrogen and oxygen atoms in total. The molecule has 1 rings (SSSR count). The Morgan fingerprint density at radius 3 is 2.62 bits per heavy atom. The Morgan fingerprint density at radius 1 is 1.29 bits per heavy atom. The van der Waals surface area contributed by atoms with Crippen molar-refractivity contribution < 1.29 is 14.6 Å². The van der Waals surface area contributed by atoms with E-state index >= 15 is 0 Å². The van der Waals surface area contributed by atoms with Crippen LogP contribution in [0.4, 0.5) is 0 Å². The van der Waals surface area contributed by atoms with Gasteiger partial charge in [-0.3, -0.25) is 0 Å². The maximum atomic E-state index is 9.95. The van der Waals surface area contributed by atoms with Crippen molar-refractivity contribution in [2.24, 2.45) is 0 Å². The van der Waals surface area contributed by atoms with Crippen LogP contribution in [0.3, 0.4) is 0 Å². The van der Waals surface area contributed by atoms with Crippen molar-refractivity contribution in [1.29, 1.82) is 0 Å². The summed E-state index contributed by atoms with van der Waals surface area (Å²) in [6.07, 6.45) is -0.539. The fraction of sp³-hybridized carbons (Fsp3) is 0.647. The van der Waals surface area contributed by atoms with E-state index in [1.165, 1.54) is 5.56 Å². The summed E-state index contributed by atoms with van der Waals surface area (Å²) in [4.78, 5) is 0. The third kappa shape index (κ3) is 6.93. The highest BCUT2D eigenvalue weighted by Gasteiger charge is 2.17. The highest BCUT2D eigenvalue weighted by atomic mass is 16.5. The second-order valence-electron chi connectivity index (χ2n) is 6.06. The monoisotopic (exact) mass is 295 g/mol. The summed E-state index contributed by atoms with van der Waals surface area (Å²) in [5, 5.41) is 13.2. The molecule has 1 aromatic carbocycles. The van der Waals surface area contributed by atoms with Gasteiger partial charge in [-0.1, -0.05) is 17.7 Å². The van der Waals surface area contributed by atoms with Crippen molar-refractivity contribution in [2.45, 2.75) is 46.3 Å². The molecule has 0 radical (unpaired) electrons. The normalized spacial score (nSPS) is 13.2. The van der Waals surface area contributed by atoms with E-state index < -0.39 is 6.10 Å². The Morgan fingerprint density at radius 2 is 2.00 bits per heavy atom. The minimum Gasteiger partial charge on any atom is -0.491 e. The molecule has 0 fully saturated rings. The predicted molar refractivity (Wildman–Crippen MR) is 86.0 cm³/mol. The molecule has 0 heterocycles. The van der Waals surface area contributed by atoms with Crippen LogP contribution >= 0.6 is 0 Å². The van der Waals surface area contributed by atoms with Crippen LogP contribution in [0.5, 0.6) is 5.75 Å². The summed E-state index contributed by atoms with van der Waals surface area (Å²) < 4.78 is 11.3. The van der Waals surface area contributed by atoms with Crippen LogP contribution in [0.1, 0.15) is 31.9 Å². The zero-order chi connectivity index (χ0) is 15.9. The van der Waals surface area contributed by atoms with Gasteiger partial charge < -0.3 is 19.9 Å². The van der Waals surface area contributed by atoms with Crippen molar-refractivity contribution >= 4 is 0 Å². The van der Waals surface area contributed by atoms with Gasteiger partial charge in [0.15, 0.2) is 0 Å². The van der Waals surface area contributed by atoms with Crippen molar-refractivity contribution in [3.8, 4) is 5.75 Å². The smallest absolute Gasteiger partial charge is 0.122 e. The number of hydrogen-bond acceptors (Lipinski definition) is 4. The summed E-state index contributed by atoms with van der Waals surface area (Å²) in [7, 11) is 0. The largest absolute Gasteiger partial charge is 0.491 e. The van der Waals surface area contributed by atoms with Gasteiger partial charge in [0.2, 0.25) is 0 Å². The molecule has 0 saturated carbocycles. The molecule has 0 bridgehead atoms. The average Bonchev–Trinajstić information content (AvgIpc) is 2.37. The Bertz CT molecular complexity index is 432. The number of aliphatic hydroxyl groups is 1. The molecule has 1 atom stereocenters. The highest BCUT2D eigenvalue weighted by molar-refractivity contribution is 5.35. The van der Waals surface area contributed by atoms with Crippen molar-refractivity contribution in [3.05, 3.63) is 29.3 Å². The summed E-state index contributed by atoms with van der Waals surface area (Å²) in [5.74, 6) is 0.828. The van der Waals surface area contributed by atoms with Crippen LogP contribution in [-0.4, -0.2) is 43.1 Å². The van der Waals surface area contributed by atoms with Gasteiger partial charge in [0.25, 0.3) is 0 Å². The molecule has 0 saturated heterocycles. The third-order valence-corrected chi connectivity index (χ3v) is 3.23. The van der Waals surface area contributed by atoms with Crippen LogP contribution < -0.4 is 10.1 Å². The third-order valence-electron chi connectivity index (χ3n) is 3.23.